The first kappa shape index (κ1) is 26.4. The van der Waals surface area contributed by atoms with Gasteiger partial charge in [0.1, 0.15) is 11.5 Å². The maximum absolute atomic E-state index is 14.3. The first-order valence-electron chi connectivity index (χ1n) is 11.0. The predicted molar refractivity (Wildman–Crippen MR) is 124 cm³/mol. The van der Waals surface area contributed by atoms with Crippen molar-refractivity contribution in [3.63, 3.8) is 0 Å². The molecule has 1 N–H and O–H groups in total. The number of amidine groups is 1. The van der Waals surface area contributed by atoms with Crippen molar-refractivity contribution in [3.8, 4) is 0 Å². The van der Waals surface area contributed by atoms with Gasteiger partial charge < -0.3 is 19.8 Å². The lowest BCUT2D eigenvalue weighted by atomic mass is 9.89. The maximum Gasteiger partial charge on any atom is 0.435 e. The Labute approximate surface area is 214 Å². The topological polar surface area (TPSA) is 76.0 Å². The fourth-order valence-corrected chi connectivity index (χ4v) is 4.64. The van der Waals surface area contributed by atoms with Crippen LogP contribution in [0.4, 0.5) is 17.6 Å². The Hall–Kier alpha value is -2.63. The minimum atomic E-state index is -4.90. The molecule has 0 radical (unpaired) electrons. The number of fused-ring (bicyclic) bond motifs is 1. The third kappa shape index (κ3) is 4.83. The Balaban J connectivity index is 1.53. The van der Waals surface area contributed by atoms with Gasteiger partial charge in [0, 0.05) is 32.0 Å². The van der Waals surface area contributed by atoms with Crippen LogP contribution in [-0.4, -0.2) is 47.6 Å². The van der Waals surface area contributed by atoms with Crippen molar-refractivity contribution in [3.05, 3.63) is 62.6 Å². The highest BCUT2D eigenvalue weighted by Gasteiger charge is 2.63. The summed E-state index contributed by atoms with van der Waals surface area (Å²) in [5, 5.41) is 5.47. The molecule has 0 aliphatic carbocycles. The van der Waals surface area contributed by atoms with E-state index in [0.717, 1.165) is 23.3 Å². The Morgan fingerprint density at radius 3 is 2.53 bits per heavy atom. The van der Waals surface area contributed by atoms with Crippen molar-refractivity contribution in [2.45, 2.75) is 50.7 Å². The minimum Gasteiger partial charge on any atom is -0.383 e. The van der Waals surface area contributed by atoms with Crippen LogP contribution in [0.3, 0.4) is 0 Å². The number of carbonyl (C=O) groups excluding carboxylic acids is 1. The number of halogens is 6. The Bertz CT molecular complexity index is 1190. The summed E-state index contributed by atoms with van der Waals surface area (Å²) in [6.45, 7) is 2.70. The van der Waals surface area contributed by atoms with E-state index in [1.807, 2.05) is 6.92 Å². The van der Waals surface area contributed by atoms with Crippen molar-refractivity contribution in [2.75, 3.05) is 13.7 Å². The van der Waals surface area contributed by atoms with E-state index in [0.29, 0.717) is 13.0 Å². The smallest absolute Gasteiger partial charge is 0.383 e. The van der Waals surface area contributed by atoms with Gasteiger partial charge in [-0.05, 0) is 35.7 Å². The molecule has 0 spiro atoms. The Kier molecular flexibility index (Phi) is 7.36. The molecule has 0 saturated heterocycles. The molecule has 0 bridgehead atoms. The average Bonchev–Trinajstić information content (AvgIpc) is 3.46. The molecule has 0 saturated carbocycles. The lowest BCUT2D eigenvalue weighted by Gasteiger charge is -2.30. The largest absolute Gasteiger partial charge is 0.435 e. The summed E-state index contributed by atoms with van der Waals surface area (Å²) in [7, 11) is 1.54. The van der Waals surface area contributed by atoms with Crippen LogP contribution in [0.5, 0.6) is 0 Å². The molecule has 36 heavy (non-hydrogen) atoms. The van der Waals surface area contributed by atoms with Crippen molar-refractivity contribution in [1.29, 1.82) is 0 Å². The molecular formula is C23H22Cl2F4N4O3. The van der Waals surface area contributed by atoms with Gasteiger partial charge in [0.25, 0.3) is 11.5 Å². The third-order valence-electron chi connectivity index (χ3n) is 6.22. The van der Waals surface area contributed by atoms with E-state index in [4.69, 9.17) is 32.8 Å². The van der Waals surface area contributed by atoms with Crippen molar-refractivity contribution in [2.24, 2.45) is 5.16 Å². The Morgan fingerprint density at radius 2 is 1.92 bits per heavy atom. The number of pyridine rings is 1. The molecule has 2 atom stereocenters. The number of alkyl halides is 3. The average molecular weight is 549 g/mol. The molecule has 3 heterocycles. The normalized spacial score (nSPS) is 20.1. The van der Waals surface area contributed by atoms with Crippen LogP contribution in [0.2, 0.25) is 10.0 Å². The van der Waals surface area contributed by atoms with Crippen LogP contribution in [0.15, 0.2) is 29.6 Å². The van der Waals surface area contributed by atoms with E-state index >= 15 is 0 Å². The van der Waals surface area contributed by atoms with Gasteiger partial charge in [0.15, 0.2) is 5.82 Å². The maximum atomic E-state index is 14.3. The van der Waals surface area contributed by atoms with E-state index in [1.165, 1.54) is 6.20 Å². The summed E-state index contributed by atoms with van der Waals surface area (Å²) >= 11 is 11.5. The summed E-state index contributed by atoms with van der Waals surface area (Å²) < 4.78 is 61.7. The molecule has 4 rings (SSSR count). The van der Waals surface area contributed by atoms with Crippen LogP contribution < -0.4 is 5.32 Å². The third-order valence-corrected chi connectivity index (χ3v) is 6.77. The first-order valence-corrected chi connectivity index (χ1v) is 11.7. The summed E-state index contributed by atoms with van der Waals surface area (Å²) in [6.07, 6.45) is -3.38. The lowest BCUT2D eigenvalue weighted by Crippen LogP contribution is -2.44. The molecule has 2 aliphatic rings. The molecular weight excluding hydrogens is 527 g/mol. The van der Waals surface area contributed by atoms with Crippen molar-refractivity contribution in [1.82, 2.24) is 15.2 Å². The number of nitrogens with zero attached hydrogens (tertiary/aromatic N) is 3. The molecule has 2 aromatic rings. The number of hydrogen-bond acceptors (Lipinski definition) is 6. The summed E-state index contributed by atoms with van der Waals surface area (Å²) in [5.41, 5.74) is -1.66. The number of hydrogen-bond donors (Lipinski definition) is 1. The molecule has 2 aliphatic heterocycles. The standard InChI is InChI=1S/C23H22Cl2F4N4O3/c1-3-15(11-35-2)31-21(34)18-4-12-9-33(10-13(12)8-30-18)19-7-22(36-32-19,23(27,28)29)14-5-16(24)20(26)17(25)6-14/h4-6,8,15H,3,7,9-11H2,1-2H3,(H,31,34). The van der Waals surface area contributed by atoms with Gasteiger partial charge in [-0.15, -0.1) is 0 Å². The highest BCUT2D eigenvalue weighted by molar-refractivity contribution is 6.35. The molecule has 1 aromatic carbocycles. The fourth-order valence-electron chi connectivity index (χ4n) is 4.16. The molecule has 1 aromatic heterocycles. The van der Waals surface area contributed by atoms with Gasteiger partial charge in [0.2, 0.25) is 0 Å². The molecule has 13 heteroatoms. The van der Waals surface area contributed by atoms with Gasteiger partial charge in [0.05, 0.1) is 29.1 Å². The second-order valence-corrected chi connectivity index (χ2v) is 9.40. The monoisotopic (exact) mass is 548 g/mol. The number of nitrogens with one attached hydrogen (secondary N) is 1. The quantitative estimate of drug-likeness (QED) is 0.397. The number of aromatic nitrogens is 1. The van der Waals surface area contributed by atoms with Gasteiger partial charge in [-0.2, -0.15) is 13.2 Å². The first-order chi connectivity index (χ1) is 17.0. The zero-order valence-electron chi connectivity index (χ0n) is 19.3. The molecule has 7 nitrogen and oxygen atoms in total. The Morgan fingerprint density at radius 1 is 1.25 bits per heavy atom. The number of benzene rings is 1. The zero-order valence-corrected chi connectivity index (χ0v) is 20.8. The lowest BCUT2D eigenvalue weighted by molar-refractivity contribution is -0.275. The highest BCUT2D eigenvalue weighted by atomic mass is 35.5. The summed E-state index contributed by atoms with van der Waals surface area (Å²) in [5.74, 6) is -1.35. The van der Waals surface area contributed by atoms with Crippen LogP contribution in [0.25, 0.3) is 0 Å². The van der Waals surface area contributed by atoms with E-state index in [9.17, 15) is 22.4 Å². The van der Waals surface area contributed by atoms with E-state index in [1.54, 1.807) is 18.1 Å². The zero-order chi connectivity index (χ0) is 26.3. The summed E-state index contributed by atoms with van der Waals surface area (Å²) in [6, 6.07) is 3.12. The fraction of sp³-hybridized carbons (Fsp3) is 0.435. The van der Waals surface area contributed by atoms with Gasteiger partial charge in [-0.25, -0.2) is 4.39 Å². The number of oxime groups is 1. The number of rotatable bonds is 6. The minimum absolute atomic E-state index is 0.0391. The van der Waals surface area contributed by atoms with Crippen LogP contribution >= 0.6 is 23.2 Å². The van der Waals surface area contributed by atoms with E-state index in [2.05, 4.69) is 15.5 Å². The van der Waals surface area contributed by atoms with Crippen LogP contribution in [-0.2, 0) is 28.3 Å². The molecule has 0 fully saturated rings. The number of ether oxygens (including phenoxy) is 1. The van der Waals surface area contributed by atoms with Gasteiger partial charge in [-0.1, -0.05) is 35.3 Å². The van der Waals surface area contributed by atoms with Gasteiger partial charge >= 0.3 is 6.18 Å². The number of carbonyl (C=O) groups is 1. The number of amides is 1. The van der Waals surface area contributed by atoms with Crippen LogP contribution in [0, 0.1) is 5.82 Å². The van der Waals surface area contributed by atoms with Crippen LogP contribution in [0.1, 0.15) is 46.9 Å². The molecule has 1 amide bonds. The second kappa shape index (κ2) is 10.0. The second-order valence-electron chi connectivity index (χ2n) is 8.58. The summed E-state index contributed by atoms with van der Waals surface area (Å²) in [4.78, 5) is 23.4. The molecule has 2 unspecified atom stereocenters. The van der Waals surface area contributed by atoms with Gasteiger partial charge in [-0.3, -0.25) is 9.78 Å². The van der Waals surface area contributed by atoms with E-state index < -0.39 is 39.6 Å². The molecule has 194 valence electrons. The predicted octanol–water partition coefficient (Wildman–Crippen LogP) is 5.19. The highest BCUT2D eigenvalue weighted by Crippen LogP contribution is 2.50. The van der Waals surface area contributed by atoms with Crippen molar-refractivity contribution < 1.29 is 31.9 Å². The van der Waals surface area contributed by atoms with Crippen molar-refractivity contribution >= 4 is 34.9 Å². The SMILES string of the molecule is CCC(COC)NC(=O)c1cc2c(cn1)CN(C1=NOC(c3cc(Cl)c(F)c(Cl)c3)(C(F)(F)F)C1)C2. The number of methoxy groups -OCH3 is 1. The van der Waals surface area contributed by atoms with E-state index in [-0.39, 0.29) is 36.6 Å².